The summed E-state index contributed by atoms with van der Waals surface area (Å²) in [5, 5.41) is 0.832. The van der Waals surface area contributed by atoms with Crippen molar-refractivity contribution in [3.63, 3.8) is 0 Å². The molecular weight excluding hydrogens is 645 g/mol. The number of nitrogens with zero attached hydrogens (tertiary/aromatic N) is 2. The Kier molecular flexibility index (Phi) is 11.7. The maximum atomic E-state index is 7.02. The summed E-state index contributed by atoms with van der Waals surface area (Å²) >= 11 is 1.55. The van der Waals surface area contributed by atoms with Gasteiger partial charge in [0.2, 0.25) is 0 Å². The van der Waals surface area contributed by atoms with E-state index in [9.17, 15) is 0 Å². The van der Waals surface area contributed by atoms with Gasteiger partial charge in [-0.05, 0) is 34.4 Å². The SMILES string of the molecule is Cn1c(S[C@@H]2O[C@H](COCc3ccccc3)[C@@H](OCc3ccccc3)[C@H](OCc3ccccc3)[C@H]2OCc2ccccc2)nc2ccccc21. The average molecular weight is 687 g/mol. The minimum Gasteiger partial charge on any atom is -0.374 e. The first-order valence-electron chi connectivity index (χ1n) is 17.0. The van der Waals surface area contributed by atoms with E-state index in [4.69, 9.17) is 28.7 Å². The fourth-order valence-corrected chi connectivity index (χ4v) is 7.36. The number of imidazole rings is 1. The summed E-state index contributed by atoms with van der Waals surface area (Å²) in [6.07, 6.45) is -1.94. The second kappa shape index (κ2) is 17.1. The number of aromatic nitrogens is 2. The van der Waals surface area contributed by atoms with Crippen molar-refractivity contribution in [1.29, 1.82) is 0 Å². The van der Waals surface area contributed by atoms with Gasteiger partial charge in [-0.2, -0.15) is 0 Å². The standard InChI is InChI=1S/C42H42N2O5S/c1-44-36-25-15-14-24-35(36)43-42(44)50-41-40(48-29-34-22-12-5-13-23-34)39(47-28-33-20-10-4-11-21-33)38(46-27-32-18-8-3-9-19-32)37(49-41)30-45-26-31-16-6-2-7-17-31/h2-25,37-41H,26-30H2,1H3/t37-,38-,39+,40-,41+/m1/s1. The normalized spacial score (nSPS) is 20.6. The molecule has 2 heterocycles. The Balaban J connectivity index is 1.23. The third kappa shape index (κ3) is 8.71. The van der Waals surface area contributed by atoms with E-state index in [1.165, 1.54) is 0 Å². The predicted octanol–water partition coefficient (Wildman–Crippen LogP) is 8.36. The Hall–Kier alpha value is -4.28. The van der Waals surface area contributed by atoms with Crippen LogP contribution in [0.15, 0.2) is 151 Å². The molecule has 0 unspecified atom stereocenters. The van der Waals surface area contributed by atoms with Crippen LogP contribution >= 0.6 is 11.8 Å². The molecule has 6 aromatic rings. The molecule has 50 heavy (non-hydrogen) atoms. The highest BCUT2D eigenvalue weighted by molar-refractivity contribution is 7.99. The summed E-state index contributed by atoms with van der Waals surface area (Å²) in [4.78, 5) is 4.99. The molecule has 256 valence electrons. The highest BCUT2D eigenvalue weighted by Gasteiger charge is 2.49. The van der Waals surface area contributed by atoms with Crippen molar-refractivity contribution in [2.75, 3.05) is 6.61 Å². The van der Waals surface area contributed by atoms with Crippen LogP contribution in [-0.2, 0) is 57.2 Å². The number of ether oxygens (including phenoxy) is 5. The highest BCUT2D eigenvalue weighted by atomic mass is 32.2. The zero-order valence-electron chi connectivity index (χ0n) is 28.1. The first kappa shape index (κ1) is 34.2. The van der Waals surface area contributed by atoms with Gasteiger partial charge in [-0.3, -0.25) is 0 Å². The molecule has 1 aliphatic rings. The fraction of sp³-hybridized carbons (Fsp3) is 0.262. The van der Waals surface area contributed by atoms with Crippen LogP contribution in [0.3, 0.4) is 0 Å². The molecule has 1 fully saturated rings. The smallest absolute Gasteiger partial charge is 0.171 e. The van der Waals surface area contributed by atoms with Crippen LogP contribution in [0, 0.1) is 0 Å². The number of hydrogen-bond donors (Lipinski definition) is 0. The number of thioether (sulfide) groups is 1. The molecule has 5 aromatic carbocycles. The molecule has 8 heteroatoms. The summed E-state index contributed by atoms with van der Waals surface area (Å²) < 4.78 is 36.0. The van der Waals surface area contributed by atoms with Gasteiger partial charge in [-0.25, -0.2) is 4.98 Å². The number of aryl methyl sites for hydroxylation is 1. The summed E-state index contributed by atoms with van der Waals surface area (Å²) in [6.45, 7) is 1.94. The molecular formula is C42H42N2O5S. The van der Waals surface area contributed by atoms with Crippen LogP contribution in [-0.4, -0.2) is 46.0 Å². The Morgan fingerprint density at radius 2 is 1.02 bits per heavy atom. The van der Waals surface area contributed by atoms with E-state index in [1.54, 1.807) is 11.8 Å². The zero-order chi connectivity index (χ0) is 34.0. The van der Waals surface area contributed by atoms with Crippen LogP contribution in [0.4, 0.5) is 0 Å². The van der Waals surface area contributed by atoms with Crippen LogP contribution in [0.25, 0.3) is 11.0 Å². The van der Waals surface area contributed by atoms with E-state index < -0.39 is 29.9 Å². The number of fused-ring (bicyclic) bond motifs is 1. The topological polar surface area (TPSA) is 64.0 Å². The maximum absolute atomic E-state index is 7.02. The first-order chi connectivity index (χ1) is 24.7. The van der Waals surface area contributed by atoms with Gasteiger partial charge in [0, 0.05) is 7.05 Å². The predicted molar refractivity (Wildman–Crippen MR) is 196 cm³/mol. The minimum absolute atomic E-state index is 0.310. The van der Waals surface area contributed by atoms with Crippen molar-refractivity contribution in [3.8, 4) is 0 Å². The van der Waals surface area contributed by atoms with Crippen LogP contribution < -0.4 is 0 Å². The van der Waals surface area contributed by atoms with Crippen LogP contribution in [0.1, 0.15) is 22.3 Å². The maximum Gasteiger partial charge on any atom is 0.171 e. The summed E-state index contributed by atoms with van der Waals surface area (Å²) in [6, 6.07) is 48.9. The second-order valence-corrected chi connectivity index (χ2v) is 13.5. The fourth-order valence-electron chi connectivity index (χ4n) is 6.17. The second-order valence-electron chi connectivity index (χ2n) is 12.4. The highest BCUT2D eigenvalue weighted by Crippen LogP contribution is 2.39. The number of benzene rings is 5. The van der Waals surface area contributed by atoms with E-state index >= 15 is 0 Å². The van der Waals surface area contributed by atoms with Gasteiger partial charge in [0.15, 0.2) is 5.16 Å². The molecule has 1 aliphatic heterocycles. The number of rotatable bonds is 15. The van der Waals surface area contributed by atoms with Gasteiger partial charge in [-0.1, -0.05) is 145 Å². The third-order valence-corrected chi connectivity index (χ3v) is 10.00. The lowest BCUT2D eigenvalue weighted by atomic mass is 9.98. The first-order valence-corrected chi connectivity index (χ1v) is 17.9. The Morgan fingerprint density at radius 1 is 0.560 bits per heavy atom. The lowest BCUT2D eigenvalue weighted by molar-refractivity contribution is -0.254. The van der Waals surface area contributed by atoms with E-state index in [2.05, 4.69) is 59.2 Å². The minimum atomic E-state index is -0.505. The molecule has 0 N–H and O–H groups in total. The van der Waals surface area contributed by atoms with E-state index in [-0.39, 0.29) is 0 Å². The summed E-state index contributed by atoms with van der Waals surface area (Å²) in [7, 11) is 2.04. The number of hydrogen-bond acceptors (Lipinski definition) is 7. The van der Waals surface area contributed by atoms with Gasteiger partial charge >= 0.3 is 0 Å². The average Bonchev–Trinajstić information content (AvgIpc) is 3.49. The molecule has 0 saturated carbocycles. The number of para-hydroxylation sites is 2. The van der Waals surface area contributed by atoms with E-state index in [0.29, 0.717) is 33.0 Å². The summed E-state index contributed by atoms with van der Waals surface area (Å²) in [5.74, 6) is 0. The van der Waals surface area contributed by atoms with E-state index in [1.807, 2.05) is 98.0 Å². The van der Waals surface area contributed by atoms with Gasteiger partial charge in [0.1, 0.15) is 29.9 Å². The van der Waals surface area contributed by atoms with Crippen molar-refractivity contribution in [2.24, 2.45) is 7.05 Å². The molecule has 5 atom stereocenters. The molecule has 0 spiro atoms. The molecule has 1 aromatic heterocycles. The molecule has 1 saturated heterocycles. The molecule has 0 bridgehead atoms. The molecule has 7 nitrogen and oxygen atoms in total. The Labute approximate surface area is 298 Å². The van der Waals surface area contributed by atoms with Gasteiger partial charge in [0.25, 0.3) is 0 Å². The van der Waals surface area contributed by atoms with Crippen molar-refractivity contribution in [1.82, 2.24) is 9.55 Å². The molecule has 0 amide bonds. The van der Waals surface area contributed by atoms with Gasteiger partial charge in [-0.15, -0.1) is 0 Å². The molecule has 0 radical (unpaired) electrons. The van der Waals surface area contributed by atoms with Crippen molar-refractivity contribution in [2.45, 2.75) is 61.4 Å². The van der Waals surface area contributed by atoms with Crippen molar-refractivity contribution >= 4 is 22.8 Å². The van der Waals surface area contributed by atoms with Gasteiger partial charge in [0.05, 0.1) is 44.1 Å². The lowest BCUT2D eigenvalue weighted by Gasteiger charge is -2.45. The Bertz CT molecular complexity index is 1890. The van der Waals surface area contributed by atoms with Crippen molar-refractivity contribution < 1.29 is 23.7 Å². The molecule has 0 aliphatic carbocycles. The van der Waals surface area contributed by atoms with Gasteiger partial charge < -0.3 is 28.3 Å². The van der Waals surface area contributed by atoms with Crippen LogP contribution in [0.2, 0.25) is 0 Å². The molecule has 7 rings (SSSR count). The monoisotopic (exact) mass is 686 g/mol. The van der Waals surface area contributed by atoms with Crippen LogP contribution in [0.5, 0.6) is 0 Å². The summed E-state index contributed by atoms with van der Waals surface area (Å²) in [5.41, 5.74) is 5.80. The van der Waals surface area contributed by atoms with E-state index in [0.717, 1.165) is 38.4 Å². The van der Waals surface area contributed by atoms with Crippen molar-refractivity contribution in [3.05, 3.63) is 168 Å². The third-order valence-electron chi connectivity index (χ3n) is 8.81. The zero-order valence-corrected chi connectivity index (χ0v) is 28.9. The Morgan fingerprint density at radius 3 is 1.56 bits per heavy atom. The quantitative estimate of drug-likeness (QED) is 0.108. The largest absolute Gasteiger partial charge is 0.374 e. The lowest BCUT2D eigenvalue weighted by Crippen LogP contribution is -2.60.